The number of benzene rings is 2. The number of rotatable bonds is 4. The number of thioether (sulfide) groups is 1. The molecule has 0 radical (unpaired) electrons. The van der Waals surface area contributed by atoms with E-state index in [9.17, 15) is 9.90 Å². The van der Waals surface area contributed by atoms with E-state index in [1.165, 1.54) is 22.5 Å². The average molecular weight is 379 g/mol. The van der Waals surface area contributed by atoms with E-state index in [1.54, 1.807) is 25.3 Å². The zero-order valence-electron chi connectivity index (χ0n) is 14.5. The Bertz CT molecular complexity index is 1180. The van der Waals surface area contributed by atoms with Crippen LogP contribution in [-0.2, 0) is 5.75 Å². The average Bonchev–Trinajstić information content (AvgIpc) is 3.04. The molecular weight excluding hydrogens is 362 g/mol. The van der Waals surface area contributed by atoms with Crippen molar-refractivity contribution in [1.82, 2.24) is 9.66 Å². The summed E-state index contributed by atoms with van der Waals surface area (Å²) < 4.78 is 6.77. The number of fused-ring (bicyclic) bond motifs is 1. The molecule has 0 saturated carbocycles. The van der Waals surface area contributed by atoms with Crippen LogP contribution in [0.4, 0.5) is 0 Å². The van der Waals surface area contributed by atoms with Crippen LogP contribution in [0.1, 0.15) is 11.1 Å². The topological polar surface area (TPSA) is 94.3 Å². The molecule has 4 rings (SSSR count). The molecule has 0 atom stereocenters. The van der Waals surface area contributed by atoms with E-state index in [2.05, 4.69) is 4.98 Å². The highest BCUT2D eigenvalue weighted by atomic mass is 32.2. The van der Waals surface area contributed by atoms with Gasteiger partial charge in [0.15, 0.2) is 5.16 Å². The maximum atomic E-state index is 11.9. The fourth-order valence-corrected chi connectivity index (χ4v) is 3.80. The van der Waals surface area contributed by atoms with Crippen LogP contribution in [0.25, 0.3) is 22.2 Å². The molecule has 7 heteroatoms. The number of hydrogen-bond donors (Lipinski definition) is 2. The number of nitrogen functional groups attached to an aromatic ring is 1. The summed E-state index contributed by atoms with van der Waals surface area (Å²) in [4.78, 5) is 16.5. The summed E-state index contributed by atoms with van der Waals surface area (Å²) in [5.74, 6) is 6.64. The van der Waals surface area contributed by atoms with Gasteiger partial charge in [-0.3, -0.25) is 0 Å². The van der Waals surface area contributed by atoms with Crippen molar-refractivity contribution in [2.75, 3.05) is 5.84 Å². The third kappa shape index (κ3) is 3.29. The van der Waals surface area contributed by atoms with Crippen LogP contribution in [0, 0.1) is 6.92 Å². The SMILES string of the molecule is Cc1c(O)ccc2c(CSc3nc(-c4ccccc4)cn3N)cc(=O)oc12. The summed E-state index contributed by atoms with van der Waals surface area (Å²) in [6.07, 6.45) is 1.78. The first-order valence-corrected chi connectivity index (χ1v) is 9.29. The summed E-state index contributed by atoms with van der Waals surface area (Å²) in [6.45, 7) is 1.72. The lowest BCUT2D eigenvalue weighted by atomic mass is 10.1. The summed E-state index contributed by atoms with van der Waals surface area (Å²) in [6, 6.07) is 14.6. The van der Waals surface area contributed by atoms with Crippen LogP contribution >= 0.6 is 11.8 Å². The molecule has 6 nitrogen and oxygen atoms in total. The molecule has 2 aromatic carbocycles. The molecule has 2 heterocycles. The van der Waals surface area contributed by atoms with E-state index in [1.807, 2.05) is 30.3 Å². The third-order valence-corrected chi connectivity index (χ3v) is 5.36. The van der Waals surface area contributed by atoms with Crippen LogP contribution in [-0.4, -0.2) is 14.8 Å². The van der Waals surface area contributed by atoms with Gasteiger partial charge in [-0.2, -0.15) is 0 Å². The molecular formula is C20H17N3O3S. The van der Waals surface area contributed by atoms with Crippen molar-refractivity contribution in [2.45, 2.75) is 17.8 Å². The molecule has 0 aliphatic rings. The second-order valence-corrected chi connectivity index (χ2v) is 7.09. The maximum Gasteiger partial charge on any atom is 0.336 e. The van der Waals surface area contributed by atoms with Crippen molar-refractivity contribution in [3.05, 3.63) is 76.3 Å². The Hall–Kier alpha value is -3.19. The first-order valence-electron chi connectivity index (χ1n) is 8.31. The van der Waals surface area contributed by atoms with Gasteiger partial charge < -0.3 is 15.4 Å². The lowest BCUT2D eigenvalue weighted by Gasteiger charge is -2.08. The lowest BCUT2D eigenvalue weighted by molar-refractivity contribution is 0.468. The second-order valence-electron chi connectivity index (χ2n) is 6.15. The van der Waals surface area contributed by atoms with Crippen LogP contribution in [0.3, 0.4) is 0 Å². The van der Waals surface area contributed by atoms with Crippen molar-refractivity contribution >= 4 is 22.7 Å². The van der Waals surface area contributed by atoms with Crippen LogP contribution in [0.2, 0.25) is 0 Å². The van der Waals surface area contributed by atoms with Gasteiger partial charge in [-0.25, -0.2) is 14.5 Å². The van der Waals surface area contributed by atoms with Crippen molar-refractivity contribution in [2.24, 2.45) is 0 Å². The molecule has 0 saturated heterocycles. The standard InChI is InChI=1S/C20H17N3O3S/c1-12-17(24)8-7-15-14(9-18(25)26-19(12)15)11-27-20-22-16(10-23(20)21)13-5-3-2-4-6-13/h2-10,24H,11,21H2,1H3. The summed E-state index contributed by atoms with van der Waals surface area (Å²) in [5, 5.41) is 11.3. The highest BCUT2D eigenvalue weighted by molar-refractivity contribution is 7.98. The Morgan fingerprint density at radius 2 is 2.00 bits per heavy atom. The maximum absolute atomic E-state index is 11.9. The Balaban J connectivity index is 1.66. The quantitative estimate of drug-likeness (QED) is 0.319. The van der Waals surface area contributed by atoms with Gasteiger partial charge in [0, 0.05) is 28.3 Å². The van der Waals surface area contributed by atoms with E-state index < -0.39 is 5.63 Å². The first kappa shape index (κ1) is 17.2. The summed E-state index contributed by atoms with van der Waals surface area (Å²) in [7, 11) is 0. The van der Waals surface area contributed by atoms with Crippen LogP contribution < -0.4 is 11.5 Å². The monoisotopic (exact) mass is 379 g/mol. The fraction of sp³-hybridized carbons (Fsp3) is 0.100. The third-order valence-electron chi connectivity index (χ3n) is 4.34. The highest BCUT2D eigenvalue weighted by Crippen LogP contribution is 2.31. The molecule has 3 N–H and O–H groups in total. The Morgan fingerprint density at radius 1 is 1.22 bits per heavy atom. The van der Waals surface area contributed by atoms with E-state index in [0.29, 0.717) is 22.1 Å². The summed E-state index contributed by atoms with van der Waals surface area (Å²) >= 11 is 1.43. The van der Waals surface area contributed by atoms with Crippen molar-refractivity contribution in [3.8, 4) is 17.0 Å². The zero-order valence-corrected chi connectivity index (χ0v) is 15.4. The lowest BCUT2D eigenvalue weighted by Crippen LogP contribution is -2.08. The molecule has 136 valence electrons. The number of aromatic hydroxyl groups is 1. The predicted octanol–water partition coefficient (Wildman–Crippen LogP) is 3.68. The number of hydrogen-bond acceptors (Lipinski definition) is 6. The second kappa shape index (κ2) is 6.85. The number of imidazole rings is 1. The minimum atomic E-state index is -0.451. The van der Waals surface area contributed by atoms with Crippen molar-refractivity contribution < 1.29 is 9.52 Å². The Morgan fingerprint density at radius 3 is 2.78 bits per heavy atom. The highest BCUT2D eigenvalue weighted by Gasteiger charge is 2.13. The molecule has 0 aliphatic heterocycles. The largest absolute Gasteiger partial charge is 0.508 e. The normalized spacial score (nSPS) is 11.1. The Labute approximate surface area is 159 Å². The Kier molecular flexibility index (Phi) is 4.37. The van der Waals surface area contributed by atoms with Crippen LogP contribution in [0.15, 0.2) is 69.1 Å². The van der Waals surface area contributed by atoms with Crippen molar-refractivity contribution in [1.29, 1.82) is 0 Å². The van der Waals surface area contributed by atoms with E-state index in [4.69, 9.17) is 10.3 Å². The van der Waals surface area contributed by atoms with E-state index in [0.717, 1.165) is 22.2 Å². The van der Waals surface area contributed by atoms with Gasteiger partial charge in [0.2, 0.25) is 0 Å². The molecule has 0 spiro atoms. The van der Waals surface area contributed by atoms with Gasteiger partial charge in [-0.1, -0.05) is 42.1 Å². The molecule has 0 bridgehead atoms. The summed E-state index contributed by atoms with van der Waals surface area (Å²) in [5.41, 5.74) is 3.08. The molecule has 0 unspecified atom stereocenters. The molecule has 27 heavy (non-hydrogen) atoms. The number of nitrogens with two attached hydrogens (primary N) is 1. The predicted molar refractivity (Wildman–Crippen MR) is 106 cm³/mol. The molecule has 0 amide bonds. The number of aryl methyl sites for hydroxylation is 1. The van der Waals surface area contributed by atoms with E-state index in [-0.39, 0.29) is 5.75 Å². The van der Waals surface area contributed by atoms with Gasteiger partial charge in [-0.05, 0) is 24.6 Å². The zero-order chi connectivity index (χ0) is 19.0. The number of phenols is 1. The first-order chi connectivity index (χ1) is 13.0. The minimum Gasteiger partial charge on any atom is -0.508 e. The smallest absolute Gasteiger partial charge is 0.336 e. The molecule has 0 aliphatic carbocycles. The number of aromatic nitrogens is 2. The van der Waals surface area contributed by atoms with Crippen molar-refractivity contribution in [3.63, 3.8) is 0 Å². The molecule has 0 fully saturated rings. The number of phenolic OH excluding ortho intramolecular Hbond substituents is 1. The van der Waals surface area contributed by atoms with Gasteiger partial charge in [-0.15, -0.1) is 0 Å². The minimum absolute atomic E-state index is 0.0976. The fourth-order valence-electron chi connectivity index (χ4n) is 2.91. The van der Waals surface area contributed by atoms with Gasteiger partial charge >= 0.3 is 5.63 Å². The molecule has 2 aromatic heterocycles. The molecule has 4 aromatic rings. The van der Waals surface area contributed by atoms with Gasteiger partial charge in [0.05, 0.1) is 11.9 Å². The number of nitrogens with zero attached hydrogens (tertiary/aromatic N) is 2. The van der Waals surface area contributed by atoms with Gasteiger partial charge in [0.1, 0.15) is 11.3 Å². The van der Waals surface area contributed by atoms with E-state index >= 15 is 0 Å². The van der Waals surface area contributed by atoms with Crippen LogP contribution in [0.5, 0.6) is 5.75 Å². The van der Waals surface area contributed by atoms with Gasteiger partial charge in [0.25, 0.3) is 0 Å².